The van der Waals surface area contributed by atoms with Crippen LogP contribution in [0.3, 0.4) is 0 Å². The number of rotatable bonds is 11. The molecule has 2 N–H and O–H groups in total. The third kappa shape index (κ3) is 6.91. The van der Waals surface area contributed by atoms with Gasteiger partial charge in [-0.25, -0.2) is 0 Å². The van der Waals surface area contributed by atoms with Crippen LogP contribution in [0.15, 0.2) is 42.5 Å². The Morgan fingerprint density at radius 3 is 2.31 bits per heavy atom. The maximum absolute atomic E-state index is 13.0. The van der Waals surface area contributed by atoms with Crippen molar-refractivity contribution in [3.8, 4) is 17.2 Å². The Morgan fingerprint density at radius 1 is 1.03 bits per heavy atom. The number of nitrogens with zero attached hydrogens (tertiary/aromatic N) is 1. The van der Waals surface area contributed by atoms with Crippen molar-refractivity contribution < 1.29 is 23.8 Å². The van der Waals surface area contributed by atoms with E-state index in [2.05, 4.69) is 21.6 Å². The average Bonchev–Trinajstić information content (AvgIpc) is 3.42. The molecule has 0 aromatic heterocycles. The topological polar surface area (TPSA) is 89.1 Å². The number of anilines is 2. The Kier molecular flexibility index (Phi) is 9.40. The second-order valence-electron chi connectivity index (χ2n) is 8.38. The zero-order chi connectivity index (χ0) is 25.2. The maximum atomic E-state index is 13.0. The third-order valence-electron chi connectivity index (χ3n) is 5.91. The van der Waals surface area contributed by atoms with Crippen molar-refractivity contribution in [2.45, 2.75) is 38.6 Å². The van der Waals surface area contributed by atoms with Crippen molar-refractivity contribution in [2.75, 3.05) is 44.6 Å². The summed E-state index contributed by atoms with van der Waals surface area (Å²) in [6.07, 6.45) is 6.69. The van der Waals surface area contributed by atoms with E-state index in [1.54, 1.807) is 18.2 Å². The number of carbonyl (C=O) groups excluding carboxylic acids is 2. The summed E-state index contributed by atoms with van der Waals surface area (Å²) in [6, 6.07) is 10.7. The van der Waals surface area contributed by atoms with Gasteiger partial charge in [-0.05, 0) is 61.2 Å². The van der Waals surface area contributed by atoms with Gasteiger partial charge < -0.3 is 29.7 Å². The molecular formula is C27H35N3O5. The summed E-state index contributed by atoms with van der Waals surface area (Å²) < 4.78 is 16.0. The number of nitrogens with one attached hydrogen (secondary N) is 2. The minimum Gasteiger partial charge on any atom is -0.493 e. The van der Waals surface area contributed by atoms with Crippen LogP contribution < -0.4 is 29.7 Å². The van der Waals surface area contributed by atoms with Crippen molar-refractivity contribution in [1.29, 1.82) is 0 Å². The molecule has 0 aliphatic carbocycles. The molecule has 2 aromatic carbocycles. The van der Waals surface area contributed by atoms with Gasteiger partial charge in [-0.15, -0.1) is 0 Å². The Balaban J connectivity index is 1.66. The number of methoxy groups -OCH3 is 3. The summed E-state index contributed by atoms with van der Waals surface area (Å²) in [5, 5.41) is 5.78. The summed E-state index contributed by atoms with van der Waals surface area (Å²) in [7, 11) is 4.60. The summed E-state index contributed by atoms with van der Waals surface area (Å²) >= 11 is 0. The molecule has 1 heterocycles. The van der Waals surface area contributed by atoms with E-state index in [1.165, 1.54) is 40.2 Å². The predicted molar refractivity (Wildman–Crippen MR) is 138 cm³/mol. The number of benzene rings is 2. The molecule has 0 radical (unpaired) electrons. The van der Waals surface area contributed by atoms with E-state index >= 15 is 0 Å². The molecule has 0 spiro atoms. The number of ether oxygens (including phenoxy) is 3. The lowest BCUT2D eigenvalue weighted by Crippen LogP contribution is -2.43. The molecule has 1 fully saturated rings. The lowest BCUT2D eigenvalue weighted by molar-refractivity contribution is -0.123. The van der Waals surface area contributed by atoms with Gasteiger partial charge in [-0.2, -0.15) is 0 Å². The molecule has 3 rings (SSSR count). The summed E-state index contributed by atoms with van der Waals surface area (Å²) in [6.45, 7) is 4.04. The fourth-order valence-electron chi connectivity index (χ4n) is 4.13. The van der Waals surface area contributed by atoms with E-state index in [4.69, 9.17) is 14.2 Å². The summed E-state index contributed by atoms with van der Waals surface area (Å²) in [5.74, 6) is 0.862. The first-order valence-corrected chi connectivity index (χ1v) is 11.9. The summed E-state index contributed by atoms with van der Waals surface area (Å²) in [5.41, 5.74) is 2.53. The number of carbonyl (C=O) groups is 2. The zero-order valence-electron chi connectivity index (χ0n) is 20.9. The van der Waals surface area contributed by atoms with Gasteiger partial charge in [0.25, 0.3) is 0 Å². The minimum atomic E-state index is -0.646. The highest BCUT2D eigenvalue weighted by molar-refractivity contribution is 6.00. The lowest BCUT2D eigenvalue weighted by Gasteiger charge is -2.20. The standard InChI is InChI=1S/C27H35N3O5/c1-5-9-22(27(32)28-20-10-8-11-21(18-20)30-14-6-7-15-30)29-25(31)13-12-19-16-23(33-2)26(35-4)24(17-19)34-3/h8,10-13,16-18,22H,5-7,9,14-15H2,1-4H3,(H,28,32)(H,29,31)/b13-12+. The van der Waals surface area contributed by atoms with Gasteiger partial charge >= 0.3 is 0 Å². The molecule has 0 saturated carbocycles. The highest BCUT2D eigenvalue weighted by atomic mass is 16.5. The highest BCUT2D eigenvalue weighted by Crippen LogP contribution is 2.38. The molecule has 1 aliphatic rings. The molecule has 1 unspecified atom stereocenters. The zero-order valence-corrected chi connectivity index (χ0v) is 20.9. The van der Waals surface area contributed by atoms with Crippen LogP contribution in [0.2, 0.25) is 0 Å². The molecule has 8 nitrogen and oxygen atoms in total. The number of hydrogen-bond acceptors (Lipinski definition) is 6. The molecule has 2 aromatic rings. The summed E-state index contributed by atoms with van der Waals surface area (Å²) in [4.78, 5) is 27.9. The first kappa shape index (κ1) is 25.9. The molecule has 8 heteroatoms. The Bertz CT molecular complexity index is 1020. The van der Waals surface area contributed by atoms with Gasteiger partial charge in [-0.3, -0.25) is 9.59 Å². The first-order chi connectivity index (χ1) is 17.0. The number of hydrogen-bond donors (Lipinski definition) is 2. The van der Waals surface area contributed by atoms with Crippen molar-refractivity contribution in [1.82, 2.24) is 5.32 Å². The number of amides is 2. The van der Waals surface area contributed by atoms with Crippen LogP contribution in [-0.4, -0.2) is 52.3 Å². The van der Waals surface area contributed by atoms with Crippen LogP contribution in [-0.2, 0) is 9.59 Å². The monoisotopic (exact) mass is 481 g/mol. The van der Waals surface area contributed by atoms with Crippen molar-refractivity contribution in [2.24, 2.45) is 0 Å². The van der Waals surface area contributed by atoms with Crippen LogP contribution in [0.25, 0.3) is 6.08 Å². The molecule has 35 heavy (non-hydrogen) atoms. The molecule has 1 saturated heterocycles. The van der Waals surface area contributed by atoms with E-state index in [1.807, 2.05) is 25.1 Å². The van der Waals surface area contributed by atoms with E-state index in [0.29, 0.717) is 29.2 Å². The molecular weight excluding hydrogens is 446 g/mol. The van der Waals surface area contributed by atoms with Gasteiger partial charge in [0, 0.05) is 30.5 Å². The van der Waals surface area contributed by atoms with Gasteiger partial charge in [0.05, 0.1) is 21.3 Å². The second-order valence-corrected chi connectivity index (χ2v) is 8.38. The van der Waals surface area contributed by atoms with E-state index < -0.39 is 6.04 Å². The van der Waals surface area contributed by atoms with Gasteiger partial charge in [0.1, 0.15) is 6.04 Å². The van der Waals surface area contributed by atoms with Gasteiger partial charge in [0.15, 0.2) is 11.5 Å². The maximum Gasteiger partial charge on any atom is 0.246 e. The van der Waals surface area contributed by atoms with Crippen LogP contribution >= 0.6 is 0 Å². The highest BCUT2D eigenvalue weighted by Gasteiger charge is 2.20. The molecule has 1 atom stereocenters. The van der Waals surface area contributed by atoms with Crippen molar-refractivity contribution in [3.05, 3.63) is 48.0 Å². The van der Waals surface area contributed by atoms with Gasteiger partial charge in [-0.1, -0.05) is 19.4 Å². The Hall–Kier alpha value is -3.68. The normalized spacial score (nSPS) is 14.0. The third-order valence-corrected chi connectivity index (χ3v) is 5.91. The quantitative estimate of drug-likeness (QED) is 0.467. The average molecular weight is 482 g/mol. The molecule has 2 amide bonds. The Morgan fingerprint density at radius 2 is 1.71 bits per heavy atom. The second kappa shape index (κ2) is 12.7. The largest absolute Gasteiger partial charge is 0.493 e. The van der Waals surface area contributed by atoms with Crippen LogP contribution in [0.4, 0.5) is 11.4 Å². The van der Waals surface area contributed by atoms with Crippen molar-refractivity contribution in [3.63, 3.8) is 0 Å². The SMILES string of the molecule is CCCC(NC(=O)/C=C/c1cc(OC)c(OC)c(OC)c1)C(=O)Nc1cccc(N2CCCC2)c1. The smallest absolute Gasteiger partial charge is 0.246 e. The fourth-order valence-corrected chi connectivity index (χ4v) is 4.13. The van der Waals surface area contributed by atoms with Crippen LogP contribution in [0.1, 0.15) is 38.2 Å². The Labute approximate surface area is 207 Å². The first-order valence-electron chi connectivity index (χ1n) is 11.9. The van der Waals surface area contributed by atoms with E-state index in [0.717, 1.165) is 30.9 Å². The minimum absolute atomic E-state index is 0.236. The fraction of sp³-hybridized carbons (Fsp3) is 0.407. The van der Waals surface area contributed by atoms with Crippen LogP contribution in [0, 0.1) is 0 Å². The lowest BCUT2D eigenvalue weighted by atomic mass is 10.1. The van der Waals surface area contributed by atoms with Crippen LogP contribution in [0.5, 0.6) is 17.2 Å². The predicted octanol–water partition coefficient (Wildman–Crippen LogP) is 4.25. The molecule has 1 aliphatic heterocycles. The van der Waals surface area contributed by atoms with Crippen molar-refractivity contribution >= 4 is 29.3 Å². The van der Waals surface area contributed by atoms with E-state index in [-0.39, 0.29) is 11.8 Å². The molecule has 0 bridgehead atoms. The van der Waals surface area contributed by atoms with E-state index in [9.17, 15) is 9.59 Å². The van der Waals surface area contributed by atoms with Gasteiger partial charge in [0.2, 0.25) is 17.6 Å². The molecule has 188 valence electrons.